The number of nitrogens with zero attached hydrogens (tertiary/aromatic N) is 1. The summed E-state index contributed by atoms with van der Waals surface area (Å²) in [6.45, 7) is 0.499. The van der Waals surface area contributed by atoms with E-state index in [1.54, 1.807) is 24.3 Å². The van der Waals surface area contributed by atoms with Gasteiger partial charge in [-0.1, -0.05) is 49.6 Å². The Morgan fingerprint density at radius 1 is 1.00 bits per heavy atom. The molecule has 7 heteroatoms. The van der Waals surface area contributed by atoms with Crippen LogP contribution in [0, 0.1) is 0 Å². The molecular weight excluding hydrogens is 394 g/mol. The Labute approximate surface area is 181 Å². The Morgan fingerprint density at radius 2 is 1.71 bits per heavy atom. The van der Waals surface area contributed by atoms with Gasteiger partial charge in [0.1, 0.15) is 12.4 Å². The minimum absolute atomic E-state index is 0.130. The highest BCUT2D eigenvalue weighted by Crippen LogP contribution is 2.30. The van der Waals surface area contributed by atoms with E-state index in [0.29, 0.717) is 17.0 Å². The average Bonchev–Trinajstić information content (AvgIpc) is 2.92. The average molecular weight is 421 g/mol. The predicted molar refractivity (Wildman–Crippen MR) is 117 cm³/mol. The van der Waals surface area contributed by atoms with Crippen LogP contribution in [0.2, 0.25) is 0 Å². The fourth-order valence-electron chi connectivity index (χ4n) is 4.30. The molecule has 0 bridgehead atoms. The van der Waals surface area contributed by atoms with E-state index in [-0.39, 0.29) is 25.1 Å². The molecule has 1 unspecified atom stereocenters. The normalized spacial score (nSPS) is 19.2. The summed E-state index contributed by atoms with van der Waals surface area (Å²) >= 11 is 0. The maximum atomic E-state index is 13.4. The van der Waals surface area contributed by atoms with E-state index in [0.717, 1.165) is 32.1 Å². The molecule has 0 radical (unpaired) electrons. The van der Waals surface area contributed by atoms with E-state index >= 15 is 0 Å². The lowest BCUT2D eigenvalue weighted by molar-refractivity contribution is -0.134. The van der Waals surface area contributed by atoms with Crippen LogP contribution < -0.4 is 15.4 Å². The summed E-state index contributed by atoms with van der Waals surface area (Å²) in [4.78, 5) is 41.1. The monoisotopic (exact) mass is 421 g/mol. The fourth-order valence-corrected chi connectivity index (χ4v) is 4.30. The van der Waals surface area contributed by atoms with Crippen molar-refractivity contribution in [2.45, 2.75) is 44.2 Å². The second-order valence-electron chi connectivity index (χ2n) is 7.89. The van der Waals surface area contributed by atoms with Gasteiger partial charge in [-0.25, -0.2) is 0 Å². The lowest BCUT2D eigenvalue weighted by Crippen LogP contribution is -2.58. The van der Waals surface area contributed by atoms with Crippen molar-refractivity contribution in [3.05, 3.63) is 60.2 Å². The number of fused-ring (bicyclic) bond motifs is 1. The number of benzene rings is 2. The van der Waals surface area contributed by atoms with Crippen molar-refractivity contribution in [3.63, 3.8) is 0 Å². The number of carbonyl (C=O) groups is 3. The van der Waals surface area contributed by atoms with Crippen LogP contribution in [-0.2, 0) is 9.59 Å². The molecule has 7 nitrogen and oxygen atoms in total. The molecule has 31 heavy (non-hydrogen) atoms. The van der Waals surface area contributed by atoms with Gasteiger partial charge >= 0.3 is 0 Å². The molecule has 3 amide bonds. The van der Waals surface area contributed by atoms with Crippen LogP contribution in [0.5, 0.6) is 5.75 Å². The SMILES string of the molecule is O=C(NCCOc1ccccc1)C1C(=O)Nc2ccccc2C(=O)N1C1CCCCC1. The highest BCUT2D eigenvalue weighted by Gasteiger charge is 2.43. The molecule has 0 saturated heterocycles. The summed E-state index contributed by atoms with van der Waals surface area (Å²) in [5.74, 6) is -0.536. The molecule has 1 aliphatic carbocycles. The number of hydrogen-bond acceptors (Lipinski definition) is 4. The Balaban J connectivity index is 1.51. The number of carbonyl (C=O) groups excluding carboxylic acids is 3. The number of hydrogen-bond donors (Lipinski definition) is 2. The van der Waals surface area contributed by atoms with Crippen molar-refractivity contribution in [1.29, 1.82) is 0 Å². The third kappa shape index (κ3) is 4.71. The maximum absolute atomic E-state index is 13.4. The number of ether oxygens (including phenoxy) is 1. The number of rotatable bonds is 6. The Hall–Kier alpha value is -3.35. The first-order valence-electron chi connectivity index (χ1n) is 10.8. The maximum Gasteiger partial charge on any atom is 0.257 e. The van der Waals surface area contributed by atoms with Gasteiger partial charge in [0, 0.05) is 6.04 Å². The Morgan fingerprint density at radius 3 is 2.48 bits per heavy atom. The minimum atomic E-state index is -1.21. The second kappa shape index (κ2) is 9.64. The Kier molecular flexibility index (Phi) is 6.50. The molecule has 2 aromatic carbocycles. The van der Waals surface area contributed by atoms with Crippen LogP contribution in [-0.4, -0.2) is 47.9 Å². The van der Waals surface area contributed by atoms with Gasteiger partial charge in [-0.15, -0.1) is 0 Å². The molecule has 0 spiro atoms. The zero-order valence-electron chi connectivity index (χ0n) is 17.4. The Bertz CT molecular complexity index is 941. The zero-order valence-corrected chi connectivity index (χ0v) is 17.4. The van der Waals surface area contributed by atoms with Crippen LogP contribution in [0.4, 0.5) is 5.69 Å². The van der Waals surface area contributed by atoms with Crippen molar-refractivity contribution in [2.75, 3.05) is 18.5 Å². The van der Waals surface area contributed by atoms with Crippen molar-refractivity contribution in [1.82, 2.24) is 10.2 Å². The van der Waals surface area contributed by atoms with Gasteiger partial charge in [0.2, 0.25) is 0 Å². The number of amides is 3. The topological polar surface area (TPSA) is 87.7 Å². The molecule has 1 atom stereocenters. The molecule has 0 aromatic heterocycles. The molecule has 2 N–H and O–H groups in total. The third-order valence-corrected chi connectivity index (χ3v) is 5.81. The number of anilines is 1. The van der Waals surface area contributed by atoms with E-state index in [1.165, 1.54) is 4.90 Å². The molecule has 1 aliphatic heterocycles. The minimum Gasteiger partial charge on any atom is -0.492 e. The summed E-state index contributed by atoms with van der Waals surface area (Å²) in [6.07, 6.45) is 4.66. The molecule has 1 fully saturated rings. The van der Waals surface area contributed by atoms with Crippen LogP contribution in [0.1, 0.15) is 42.5 Å². The highest BCUT2D eigenvalue weighted by atomic mass is 16.5. The van der Waals surface area contributed by atoms with Gasteiger partial charge in [0.25, 0.3) is 17.7 Å². The molecule has 1 heterocycles. The van der Waals surface area contributed by atoms with Crippen molar-refractivity contribution in [3.8, 4) is 5.75 Å². The van der Waals surface area contributed by atoms with Crippen LogP contribution >= 0.6 is 0 Å². The smallest absolute Gasteiger partial charge is 0.257 e. The van der Waals surface area contributed by atoms with Gasteiger partial charge in [0.05, 0.1) is 17.8 Å². The predicted octanol–water partition coefficient (Wildman–Crippen LogP) is 2.98. The van der Waals surface area contributed by atoms with Crippen LogP contribution in [0.3, 0.4) is 0 Å². The van der Waals surface area contributed by atoms with Crippen molar-refractivity contribution >= 4 is 23.4 Å². The fraction of sp³-hybridized carbons (Fsp3) is 0.375. The van der Waals surface area contributed by atoms with Crippen LogP contribution in [0.25, 0.3) is 0 Å². The lowest BCUT2D eigenvalue weighted by atomic mass is 9.92. The standard InChI is InChI=1S/C24H27N3O4/c28-22(25-15-16-31-18-11-5-2-6-12-18)21-23(29)26-20-14-8-7-13-19(20)24(30)27(21)17-9-3-1-4-10-17/h2,5-8,11-14,17,21H,1,3-4,9-10,15-16H2,(H,25,28)(H,26,29). The van der Waals surface area contributed by atoms with Gasteiger partial charge in [-0.2, -0.15) is 0 Å². The van der Waals surface area contributed by atoms with Gasteiger partial charge in [0.15, 0.2) is 6.04 Å². The van der Waals surface area contributed by atoms with E-state index in [1.807, 2.05) is 30.3 Å². The molecule has 2 aliphatic rings. The highest BCUT2D eigenvalue weighted by molar-refractivity contribution is 6.18. The summed E-state index contributed by atoms with van der Waals surface area (Å²) in [5, 5.41) is 5.55. The quantitative estimate of drug-likeness (QED) is 0.555. The van der Waals surface area contributed by atoms with Crippen LogP contribution in [0.15, 0.2) is 54.6 Å². The molecule has 162 valence electrons. The molecule has 4 rings (SSSR count). The van der Waals surface area contributed by atoms with Gasteiger partial charge in [-0.3, -0.25) is 14.4 Å². The van der Waals surface area contributed by atoms with Crippen molar-refractivity contribution < 1.29 is 19.1 Å². The first-order valence-corrected chi connectivity index (χ1v) is 10.8. The van der Waals surface area contributed by atoms with Gasteiger partial charge in [-0.05, 0) is 37.1 Å². The van der Waals surface area contributed by atoms with E-state index in [4.69, 9.17) is 4.74 Å². The first kappa shape index (κ1) is 20.9. The molecule has 1 saturated carbocycles. The van der Waals surface area contributed by atoms with E-state index in [9.17, 15) is 14.4 Å². The van der Waals surface area contributed by atoms with E-state index in [2.05, 4.69) is 10.6 Å². The van der Waals surface area contributed by atoms with E-state index < -0.39 is 17.9 Å². The zero-order chi connectivity index (χ0) is 21.6. The molecule has 2 aromatic rings. The second-order valence-corrected chi connectivity index (χ2v) is 7.89. The summed E-state index contributed by atoms with van der Waals surface area (Å²) in [7, 11) is 0. The van der Waals surface area contributed by atoms with Crippen molar-refractivity contribution in [2.24, 2.45) is 0 Å². The lowest BCUT2D eigenvalue weighted by Gasteiger charge is -2.37. The number of para-hydroxylation sites is 2. The largest absolute Gasteiger partial charge is 0.492 e. The first-order chi connectivity index (χ1) is 15.1. The molecular formula is C24H27N3O4. The summed E-state index contributed by atoms with van der Waals surface area (Å²) in [6, 6.07) is 14.9. The van der Waals surface area contributed by atoms with Gasteiger partial charge < -0.3 is 20.3 Å². The number of nitrogens with one attached hydrogen (secondary N) is 2. The third-order valence-electron chi connectivity index (χ3n) is 5.81. The summed E-state index contributed by atoms with van der Waals surface area (Å²) in [5.41, 5.74) is 0.866. The summed E-state index contributed by atoms with van der Waals surface area (Å²) < 4.78 is 5.61.